The molecule has 0 aliphatic rings. The highest BCUT2D eigenvalue weighted by Gasteiger charge is 2.12. The zero-order chi connectivity index (χ0) is 9.14. The lowest BCUT2D eigenvalue weighted by molar-refractivity contribution is -0.138. The second-order valence-electron chi connectivity index (χ2n) is 2.73. The van der Waals surface area contributed by atoms with E-state index in [1.165, 1.54) is 0 Å². The number of benzene rings is 1. The van der Waals surface area contributed by atoms with E-state index in [1.54, 1.807) is 12.1 Å². The molecule has 4 heteroatoms. The molecule has 0 aliphatic carbocycles. The predicted molar refractivity (Wildman–Crippen MR) is 53.0 cm³/mol. The standard InChI is InChI=1S/C9H11NO2.ClH/c1-6-2-4-7(5-3-6)8(10)9(11)12;/h2-5,8H,10H2,1H3,(H,11,12);1H/t8-;/m0./s1. The second kappa shape index (κ2) is 4.84. The maximum Gasteiger partial charge on any atom is 0.325 e. The molecule has 0 fully saturated rings. The van der Waals surface area contributed by atoms with Gasteiger partial charge in [0.2, 0.25) is 0 Å². The third-order valence-corrected chi connectivity index (χ3v) is 1.70. The van der Waals surface area contributed by atoms with Gasteiger partial charge in [-0.2, -0.15) is 0 Å². The van der Waals surface area contributed by atoms with Gasteiger partial charge in [-0.25, -0.2) is 0 Å². The largest absolute Gasteiger partial charge is 0.480 e. The number of carboxylic acids is 1. The highest BCUT2D eigenvalue weighted by Crippen LogP contribution is 2.10. The summed E-state index contributed by atoms with van der Waals surface area (Å²) in [5, 5.41) is 8.58. The van der Waals surface area contributed by atoms with E-state index in [1.807, 2.05) is 19.1 Å². The van der Waals surface area contributed by atoms with E-state index < -0.39 is 12.0 Å². The molecular formula is C9H12ClNO2. The molecule has 1 atom stereocenters. The first kappa shape index (κ1) is 11.9. The summed E-state index contributed by atoms with van der Waals surface area (Å²) in [6, 6.07) is 6.24. The molecule has 1 aromatic carbocycles. The van der Waals surface area contributed by atoms with Crippen molar-refractivity contribution in [2.45, 2.75) is 13.0 Å². The molecule has 1 aromatic rings. The van der Waals surface area contributed by atoms with Gasteiger partial charge in [0.1, 0.15) is 6.04 Å². The Kier molecular flexibility index (Phi) is 4.45. The number of hydrogen-bond donors (Lipinski definition) is 2. The van der Waals surface area contributed by atoms with E-state index >= 15 is 0 Å². The fourth-order valence-electron chi connectivity index (χ4n) is 0.916. The van der Waals surface area contributed by atoms with Crippen molar-refractivity contribution in [3.05, 3.63) is 35.4 Å². The minimum atomic E-state index is -1.00. The summed E-state index contributed by atoms with van der Waals surface area (Å²) in [7, 11) is 0. The molecule has 0 saturated carbocycles. The Morgan fingerprint density at radius 1 is 1.38 bits per heavy atom. The molecule has 0 aliphatic heterocycles. The first-order chi connectivity index (χ1) is 5.61. The molecule has 0 aromatic heterocycles. The Labute approximate surface area is 83.0 Å². The van der Waals surface area contributed by atoms with E-state index in [9.17, 15) is 4.79 Å². The van der Waals surface area contributed by atoms with Crippen LogP contribution < -0.4 is 5.73 Å². The predicted octanol–water partition coefficient (Wildman–Crippen LogP) is 1.50. The topological polar surface area (TPSA) is 63.3 Å². The molecule has 1 rings (SSSR count). The maximum atomic E-state index is 10.5. The summed E-state index contributed by atoms with van der Waals surface area (Å²) in [4.78, 5) is 10.5. The van der Waals surface area contributed by atoms with Crippen LogP contribution in [-0.2, 0) is 4.79 Å². The Bertz CT molecular complexity index is 284. The zero-order valence-corrected chi connectivity index (χ0v) is 8.04. The minimum Gasteiger partial charge on any atom is -0.480 e. The molecule has 3 N–H and O–H groups in total. The van der Waals surface area contributed by atoms with E-state index in [4.69, 9.17) is 10.8 Å². The lowest BCUT2D eigenvalue weighted by Crippen LogP contribution is -2.20. The van der Waals surface area contributed by atoms with Crippen LogP contribution in [-0.4, -0.2) is 11.1 Å². The van der Waals surface area contributed by atoms with Gasteiger partial charge in [-0.15, -0.1) is 12.4 Å². The molecular weight excluding hydrogens is 190 g/mol. The van der Waals surface area contributed by atoms with Crippen LogP contribution in [0.2, 0.25) is 0 Å². The van der Waals surface area contributed by atoms with Crippen LogP contribution in [0, 0.1) is 6.92 Å². The van der Waals surface area contributed by atoms with E-state index in [0.717, 1.165) is 5.56 Å². The van der Waals surface area contributed by atoms with Gasteiger partial charge in [-0.1, -0.05) is 29.8 Å². The zero-order valence-electron chi connectivity index (χ0n) is 7.23. The van der Waals surface area contributed by atoms with E-state index in [0.29, 0.717) is 5.56 Å². The second-order valence-corrected chi connectivity index (χ2v) is 2.73. The fraction of sp³-hybridized carbons (Fsp3) is 0.222. The van der Waals surface area contributed by atoms with Gasteiger partial charge in [0, 0.05) is 0 Å². The van der Waals surface area contributed by atoms with Crippen molar-refractivity contribution in [3.63, 3.8) is 0 Å². The molecule has 0 heterocycles. The molecule has 0 saturated heterocycles. The lowest BCUT2D eigenvalue weighted by Gasteiger charge is -2.05. The minimum absolute atomic E-state index is 0. The van der Waals surface area contributed by atoms with Gasteiger partial charge >= 0.3 is 5.97 Å². The number of carbonyl (C=O) groups is 1. The molecule has 0 amide bonds. The number of nitrogens with two attached hydrogens (primary N) is 1. The monoisotopic (exact) mass is 201 g/mol. The molecule has 0 unspecified atom stereocenters. The van der Waals surface area contributed by atoms with Crippen LogP contribution in [0.4, 0.5) is 0 Å². The van der Waals surface area contributed by atoms with Crippen molar-refractivity contribution < 1.29 is 9.90 Å². The van der Waals surface area contributed by atoms with Crippen LogP contribution >= 0.6 is 12.4 Å². The van der Waals surface area contributed by atoms with Gasteiger partial charge in [-0.05, 0) is 12.5 Å². The first-order valence-corrected chi connectivity index (χ1v) is 3.66. The molecule has 0 radical (unpaired) electrons. The third-order valence-electron chi connectivity index (χ3n) is 1.70. The smallest absolute Gasteiger partial charge is 0.325 e. The SMILES string of the molecule is Cc1ccc([C@H](N)C(=O)O)cc1.Cl. The molecule has 0 spiro atoms. The summed E-state index contributed by atoms with van der Waals surface area (Å²) >= 11 is 0. The number of rotatable bonds is 2. The summed E-state index contributed by atoms with van der Waals surface area (Å²) in [5.41, 5.74) is 7.11. The number of carboxylic acid groups (broad SMARTS) is 1. The number of hydrogen-bond acceptors (Lipinski definition) is 2. The summed E-state index contributed by atoms with van der Waals surface area (Å²) in [6.45, 7) is 1.94. The third kappa shape index (κ3) is 3.05. The Morgan fingerprint density at radius 3 is 2.23 bits per heavy atom. The van der Waals surface area contributed by atoms with Crippen molar-refractivity contribution >= 4 is 18.4 Å². The Balaban J connectivity index is 0.00000144. The van der Waals surface area contributed by atoms with E-state index in [-0.39, 0.29) is 12.4 Å². The van der Waals surface area contributed by atoms with Gasteiger partial charge in [-0.3, -0.25) is 4.79 Å². The van der Waals surface area contributed by atoms with Crippen molar-refractivity contribution in [2.75, 3.05) is 0 Å². The average Bonchev–Trinajstić information content (AvgIpc) is 2.04. The van der Waals surface area contributed by atoms with Crippen molar-refractivity contribution in [1.82, 2.24) is 0 Å². The van der Waals surface area contributed by atoms with Gasteiger partial charge in [0.15, 0.2) is 0 Å². The van der Waals surface area contributed by atoms with Crippen LogP contribution in [0.5, 0.6) is 0 Å². The van der Waals surface area contributed by atoms with E-state index in [2.05, 4.69) is 0 Å². The van der Waals surface area contributed by atoms with Gasteiger partial charge in [0.05, 0.1) is 0 Å². The number of aryl methyl sites for hydroxylation is 1. The molecule has 13 heavy (non-hydrogen) atoms. The first-order valence-electron chi connectivity index (χ1n) is 3.66. The summed E-state index contributed by atoms with van der Waals surface area (Å²) in [5.74, 6) is -1.00. The fourth-order valence-corrected chi connectivity index (χ4v) is 0.916. The quantitative estimate of drug-likeness (QED) is 0.762. The maximum absolute atomic E-state index is 10.5. The van der Waals surface area contributed by atoms with Crippen LogP contribution in [0.15, 0.2) is 24.3 Å². The van der Waals surface area contributed by atoms with Crippen molar-refractivity contribution in [2.24, 2.45) is 5.73 Å². The van der Waals surface area contributed by atoms with Crippen molar-refractivity contribution in [1.29, 1.82) is 0 Å². The summed E-state index contributed by atoms with van der Waals surface area (Å²) in [6.07, 6.45) is 0. The van der Waals surface area contributed by atoms with Crippen LogP contribution in [0.1, 0.15) is 17.2 Å². The van der Waals surface area contributed by atoms with Gasteiger partial charge < -0.3 is 10.8 Å². The summed E-state index contributed by atoms with van der Waals surface area (Å²) < 4.78 is 0. The number of halogens is 1. The molecule has 72 valence electrons. The van der Waals surface area contributed by atoms with Crippen LogP contribution in [0.25, 0.3) is 0 Å². The molecule has 3 nitrogen and oxygen atoms in total. The molecule has 0 bridgehead atoms. The van der Waals surface area contributed by atoms with Crippen molar-refractivity contribution in [3.8, 4) is 0 Å². The number of aliphatic carboxylic acids is 1. The normalized spacial score (nSPS) is 11.5. The highest BCUT2D eigenvalue weighted by molar-refractivity contribution is 5.85. The lowest BCUT2D eigenvalue weighted by atomic mass is 10.1. The Morgan fingerprint density at radius 2 is 1.85 bits per heavy atom. The van der Waals surface area contributed by atoms with Gasteiger partial charge in [0.25, 0.3) is 0 Å². The van der Waals surface area contributed by atoms with Crippen LogP contribution in [0.3, 0.4) is 0 Å². The average molecular weight is 202 g/mol. The Hall–Kier alpha value is -1.06. The highest BCUT2D eigenvalue weighted by atomic mass is 35.5.